The Kier molecular flexibility index (Phi) is 4.39. The molecule has 0 aromatic carbocycles. The van der Waals surface area contributed by atoms with Gasteiger partial charge in [0, 0.05) is 39.1 Å². The van der Waals surface area contributed by atoms with Crippen molar-refractivity contribution in [1.29, 1.82) is 0 Å². The molecule has 0 radical (unpaired) electrons. The van der Waals surface area contributed by atoms with Crippen molar-refractivity contribution in [2.24, 2.45) is 11.7 Å². The minimum absolute atomic E-state index is 0.608. The molecule has 0 bridgehead atoms. The molecule has 0 amide bonds. The normalized spacial score (nSPS) is 20.8. The van der Waals surface area contributed by atoms with Gasteiger partial charge in [-0.15, -0.1) is 0 Å². The van der Waals surface area contributed by atoms with Crippen molar-refractivity contribution in [2.45, 2.75) is 19.4 Å². The molecule has 1 aromatic rings. The van der Waals surface area contributed by atoms with Gasteiger partial charge in [0.15, 0.2) is 0 Å². The Bertz CT molecular complexity index is 339. The van der Waals surface area contributed by atoms with Gasteiger partial charge in [0.2, 0.25) is 5.95 Å². The number of ether oxygens (including phenoxy) is 1. The average Bonchev–Trinajstić information content (AvgIpc) is 2.84. The molecule has 1 atom stereocenters. The van der Waals surface area contributed by atoms with Crippen molar-refractivity contribution >= 4 is 5.95 Å². The Labute approximate surface area is 103 Å². The Morgan fingerprint density at radius 1 is 1.59 bits per heavy atom. The van der Waals surface area contributed by atoms with E-state index in [-0.39, 0.29) is 0 Å². The van der Waals surface area contributed by atoms with Crippen molar-refractivity contribution in [1.82, 2.24) is 9.55 Å². The number of hydrogen-bond acceptors (Lipinski definition) is 4. The van der Waals surface area contributed by atoms with Crippen LogP contribution in [0.1, 0.15) is 12.8 Å². The second kappa shape index (κ2) is 6.02. The zero-order chi connectivity index (χ0) is 12.1. The third kappa shape index (κ3) is 2.98. The molecular formula is C12H22N4O. The van der Waals surface area contributed by atoms with Crippen LogP contribution in [0.25, 0.3) is 0 Å². The largest absolute Gasteiger partial charge is 0.383 e. The molecule has 0 aliphatic carbocycles. The zero-order valence-corrected chi connectivity index (χ0v) is 10.5. The molecule has 2 rings (SSSR count). The van der Waals surface area contributed by atoms with E-state index in [2.05, 4.69) is 14.5 Å². The maximum atomic E-state index is 5.76. The van der Waals surface area contributed by atoms with Crippen molar-refractivity contribution in [3.8, 4) is 0 Å². The summed E-state index contributed by atoms with van der Waals surface area (Å²) in [6, 6.07) is 0. The summed E-state index contributed by atoms with van der Waals surface area (Å²) in [5.74, 6) is 1.66. The third-order valence-corrected chi connectivity index (χ3v) is 3.36. The maximum Gasteiger partial charge on any atom is 0.205 e. The Balaban J connectivity index is 2.02. The number of hydrogen-bond donors (Lipinski definition) is 1. The van der Waals surface area contributed by atoms with E-state index in [9.17, 15) is 0 Å². The fraction of sp³-hybridized carbons (Fsp3) is 0.750. The van der Waals surface area contributed by atoms with E-state index in [4.69, 9.17) is 10.5 Å². The lowest BCUT2D eigenvalue weighted by Crippen LogP contribution is -2.39. The second-order valence-electron chi connectivity index (χ2n) is 4.60. The summed E-state index contributed by atoms with van der Waals surface area (Å²) in [7, 11) is 1.72. The molecule has 1 fully saturated rings. The van der Waals surface area contributed by atoms with Crippen molar-refractivity contribution < 1.29 is 4.74 Å². The Morgan fingerprint density at radius 3 is 3.24 bits per heavy atom. The van der Waals surface area contributed by atoms with Crippen molar-refractivity contribution in [3.05, 3.63) is 12.4 Å². The van der Waals surface area contributed by atoms with Crippen molar-refractivity contribution in [3.63, 3.8) is 0 Å². The average molecular weight is 238 g/mol. The number of aromatic nitrogens is 2. The Hall–Kier alpha value is -1.07. The summed E-state index contributed by atoms with van der Waals surface area (Å²) < 4.78 is 7.27. The van der Waals surface area contributed by atoms with E-state index in [0.717, 1.165) is 38.7 Å². The van der Waals surface area contributed by atoms with Crippen LogP contribution in [0.15, 0.2) is 12.4 Å². The lowest BCUT2D eigenvalue weighted by molar-refractivity contribution is 0.187. The number of imidazole rings is 1. The first kappa shape index (κ1) is 12.4. The van der Waals surface area contributed by atoms with Crippen LogP contribution in [0.3, 0.4) is 0 Å². The van der Waals surface area contributed by atoms with Gasteiger partial charge in [0.1, 0.15) is 0 Å². The highest BCUT2D eigenvalue weighted by molar-refractivity contribution is 5.32. The third-order valence-electron chi connectivity index (χ3n) is 3.36. The first-order valence-electron chi connectivity index (χ1n) is 6.30. The van der Waals surface area contributed by atoms with Crippen LogP contribution in [0.4, 0.5) is 5.95 Å². The highest BCUT2D eigenvalue weighted by Crippen LogP contribution is 2.21. The maximum absolute atomic E-state index is 5.76. The highest BCUT2D eigenvalue weighted by Gasteiger charge is 2.21. The fourth-order valence-corrected chi connectivity index (χ4v) is 2.39. The van der Waals surface area contributed by atoms with Crippen LogP contribution >= 0.6 is 0 Å². The molecular weight excluding hydrogens is 216 g/mol. The van der Waals surface area contributed by atoms with E-state index in [1.165, 1.54) is 12.8 Å². The van der Waals surface area contributed by atoms with Crippen LogP contribution in [-0.2, 0) is 11.3 Å². The molecule has 1 aliphatic rings. The first-order chi connectivity index (χ1) is 8.35. The van der Waals surface area contributed by atoms with Crippen LogP contribution in [0.2, 0.25) is 0 Å². The molecule has 17 heavy (non-hydrogen) atoms. The van der Waals surface area contributed by atoms with Crippen LogP contribution in [-0.4, -0.2) is 42.9 Å². The number of methoxy groups -OCH3 is 1. The van der Waals surface area contributed by atoms with Crippen LogP contribution < -0.4 is 10.6 Å². The van der Waals surface area contributed by atoms with Gasteiger partial charge in [-0.25, -0.2) is 4.98 Å². The predicted molar refractivity (Wildman–Crippen MR) is 68.1 cm³/mol. The molecule has 5 nitrogen and oxygen atoms in total. The van der Waals surface area contributed by atoms with Gasteiger partial charge in [-0.3, -0.25) is 0 Å². The minimum atomic E-state index is 0.608. The van der Waals surface area contributed by atoms with Gasteiger partial charge in [-0.1, -0.05) is 0 Å². The molecule has 2 heterocycles. The van der Waals surface area contributed by atoms with Crippen molar-refractivity contribution in [2.75, 3.05) is 38.3 Å². The summed E-state index contributed by atoms with van der Waals surface area (Å²) >= 11 is 0. The summed E-state index contributed by atoms with van der Waals surface area (Å²) in [4.78, 5) is 6.80. The van der Waals surface area contributed by atoms with E-state index in [0.29, 0.717) is 5.92 Å². The second-order valence-corrected chi connectivity index (χ2v) is 4.60. The monoisotopic (exact) mass is 238 g/mol. The van der Waals surface area contributed by atoms with Crippen LogP contribution in [0.5, 0.6) is 0 Å². The molecule has 2 N–H and O–H groups in total. The molecule has 1 aliphatic heterocycles. The van der Waals surface area contributed by atoms with Gasteiger partial charge in [0.25, 0.3) is 0 Å². The van der Waals surface area contributed by atoms with E-state index in [1.807, 2.05) is 12.4 Å². The molecule has 0 saturated carbocycles. The first-order valence-corrected chi connectivity index (χ1v) is 6.30. The topological polar surface area (TPSA) is 56.3 Å². The molecule has 0 spiro atoms. The summed E-state index contributed by atoms with van der Waals surface area (Å²) in [5, 5.41) is 0. The van der Waals surface area contributed by atoms with E-state index in [1.54, 1.807) is 7.11 Å². The predicted octanol–water partition coefficient (Wildman–Crippen LogP) is 0.705. The lowest BCUT2D eigenvalue weighted by Gasteiger charge is -2.33. The summed E-state index contributed by atoms with van der Waals surface area (Å²) in [5.41, 5.74) is 5.76. The van der Waals surface area contributed by atoms with Crippen LogP contribution in [0, 0.1) is 5.92 Å². The quantitative estimate of drug-likeness (QED) is 0.820. The summed E-state index contributed by atoms with van der Waals surface area (Å²) in [6.07, 6.45) is 6.32. The fourth-order valence-electron chi connectivity index (χ4n) is 2.39. The van der Waals surface area contributed by atoms with Gasteiger partial charge in [0.05, 0.1) is 6.61 Å². The molecule has 1 saturated heterocycles. The molecule has 1 unspecified atom stereocenters. The number of anilines is 1. The summed E-state index contributed by atoms with van der Waals surface area (Å²) in [6.45, 7) is 4.46. The number of piperidine rings is 1. The standard InChI is InChI=1S/C12H22N4O/c1-17-8-7-15-6-4-14-12(15)16-5-2-3-11(9-13)10-16/h4,6,11H,2-3,5,7-10,13H2,1H3. The molecule has 96 valence electrons. The Morgan fingerprint density at radius 2 is 2.47 bits per heavy atom. The number of rotatable bonds is 5. The van der Waals surface area contributed by atoms with Gasteiger partial charge in [-0.05, 0) is 25.3 Å². The lowest BCUT2D eigenvalue weighted by atomic mass is 9.99. The molecule has 5 heteroatoms. The van der Waals surface area contributed by atoms with Gasteiger partial charge >= 0.3 is 0 Å². The number of nitrogens with zero attached hydrogens (tertiary/aromatic N) is 3. The highest BCUT2D eigenvalue weighted by atomic mass is 16.5. The number of nitrogens with two attached hydrogens (primary N) is 1. The van der Waals surface area contributed by atoms with Gasteiger partial charge in [-0.2, -0.15) is 0 Å². The SMILES string of the molecule is COCCn1ccnc1N1CCCC(CN)C1. The zero-order valence-electron chi connectivity index (χ0n) is 10.5. The molecule has 1 aromatic heterocycles. The minimum Gasteiger partial charge on any atom is -0.383 e. The van der Waals surface area contributed by atoms with E-state index < -0.39 is 0 Å². The van der Waals surface area contributed by atoms with Gasteiger partial charge < -0.3 is 19.9 Å². The van der Waals surface area contributed by atoms with E-state index >= 15 is 0 Å². The smallest absolute Gasteiger partial charge is 0.205 e.